The molecule has 0 bridgehead atoms. The predicted molar refractivity (Wildman–Crippen MR) is 127 cm³/mol. The fourth-order valence-corrected chi connectivity index (χ4v) is 4.25. The van der Waals surface area contributed by atoms with Crippen molar-refractivity contribution in [2.75, 3.05) is 6.61 Å². The van der Waals surface area contributed by atoms with Gasteiger partial charge in [-0.05, 0) is 35.9 Å². The molecule has 0 amide bonds. The molecule has 1 aromatic heterocycles. The number of phenols is 3. The van der Waals surface area contributed by atoms with Crippen LogP contribution in [-0.4, -0.2) is 33.0 Å². The maximum Gasteiger partial charge on any atom is 0.312 e. The molecule has 0 aliphatic carbocycles. The second-order valence-corrected chi connectivity index (χ2v) is 8.12. The standard InChI is InChI=1S/C27H18O9/c1-2-9-34-15-6-3-13(4-7-15)16-11-21(31)35-20-12-19(30)23-24(32)25(33)26(36-27(23)22(16)20)14-5-8-17(28)18(29)10-14/h1,3-8,10,12,16,28-30,33H,9,11H2/t16-/m0/s1. The average molecular weight is 486 g/mol. The molecule has 0 saturated carbocycles. The van der Waals surface area contributed by atoms with E-state index < -0.39 is 40.3 Å². The molecule has 0 spiro atoms. The number of benzene rings is 3. The van der Waals surface area contributed by atoms with Crippen LogP contribution in [0.3, 0.4) is 0 Å². The van der Waals surface area contributed by atoms with Gasteiger partial charge in [-0.15, -0.1) is 6.42 Å². The van der Waals surface area contributed by atoms with Crippen LogP contribution in [0.5, 0.6) is 34.5 Å². The number of esters is 1. The Morgan fingerprint density at radius 2 is 1.72 bits per heavy atom. The smallest absolute Gasteiger partial charge is 0.312 e. The van der Waals surface area contributed by atoms with E-state index in [1.54, 1.807) is 24.3 Å². The lowest BCUT2D eigenvalue weighted by molar-refractivity contribution is -0.135. The molecule has 9 heteroatoms. The van der Waals surface area contributed by atoms with Gasteiger partial charge in [-0.3, -0.25) is 9.59 Å². The first-order valence-electron chi connectivity index (χ1n) is 10.7. The molecule has 1 atom stereocenters. The van der Waals surface area contributed by atoms with Crippen LogP contribution in [0.15, 0.2) is 57.7 Å². The lowest BCUT2D eigenvalue weighted by Crippen LogP contribution is -2.22. The van der Waals surface area contributed by atoms with E-state index in [2.05, 4.69) is 5.92 Å². The van der Waals surface area contributed by atoms with Gasteiger partial charge in [0.2, 0.25) is 11.2 Å². The fourth-order valence-electron chi connectivity index (χ4n) is 4.25. The van der Waals surface area contributed by atoms with Gasteiger partial charge in [-0.1, -0.05) is 18.1 Å². The Morgan fingerprint density at radius 1 is 0.972 bits per heavy atom. The van der Waals surface area contributed by atoms with Crippen molar-refractivity contribution >= 4 is 16.9 Å². The molecule has 0 unspecified atom stereocenters. The molecule has 180 valence electrons. The molecule has 0 fully saturated rings. The summed E-state index contributed by atoms with van der Waals surface area (Å²) in [7, 11) is 0. The van der Waals surface area contributed by atoms with Crippen LogP contribution in [0.4, 0.5) is 0 Å². The molecule has 5 rings (SSSR count). The largest absolute Gasteiger partial charge is 0.507 e. The third-order valence-corrected chi connectivity index (χ3v) is 5.91. The van der Waals surface area contributed by atoms with Crippen molar-refractivity contribution in [1.29, 1.82) is 0 Å². The Labute approximate surface area is 203 Å². The highest BCUT2D eigenvalue weighted by Gasteiger charge is 2.34. The summed E-state index contributed by atoms with van der Waals surface area (Å²) in [5, 5.41) is 40.4. The highest BCUT2D eigenvalue weighted by atomic mass is 16.5. The summed E-state index contributed by atoms with van der Waals surface area (Å²) in [5.41, 5.74) is 0.0696. The molecule has 36 heavy (non-hydrogen) atoms. The summed E-state index contributed by atoms with van der Waals surface area (Å²) in [5.74, 6) is -0.822. The molecule has 1 aliphatic heterocycles. The van der Waals surface area contributed by atoms with Crippen LogP contribution in [-0.2, 0) is 4.79 Å². The minimum Gasteiger partial charge on any atom is -0.507 e. The Hall–Kier alpha value is -5.10. The zero-order chi connectivity index (χ0) is 25.6. The summed E-state index contributed by atoms with van der Waals surface area (Å²) < 4.78 is 16.7. The van der Waals surface area contributed by atoms with Crippen molar-refractivity contribution in [2.24, 2.45) is 0 Å². The number of phenolic OH excluding ortho intramolecular Hbond substituents is 3. The number of hydrogen-bond acceptors (Lipinski definition) is 9. The predicted octanol–water partition coefficient (Wildman–Crippen LogP) is 3.74. The molecule has 0 radical (unpaired) electrons. The van der Waals surface area contributed by atoms with Crippen molar-refractivity contribution < 1.29 is 39.1 Å². The number of ether oxygens (including phenoxy) is 2. The van der Waals surface area contributed by atoms with Crippen molar-refractivity contribution in [2.45, 2.75) is 12.3 Å². The van der Waals surface area contributed by atoms with Crippen LogP contribution >= 0.6 is 0 Å². The first kappa shape index (κ1) is 22.7. The second-order valence-electron chi connectivity index (χ2n) is 8.12. The molecule has 9 nitrogen and oxygen atoms in total. The van der Waals surface area contributed by atoms with Crippen LogP contribution in [0, 0.1) is 12.3 Å². The van der Waals surface area contributed by atoms with Crippen LogP contribution in [0.25, 0.3) is 22.3 Å². The van der Waals surface area contributed by atoms with E-state index >= 15 is 0 Å². The summed E-state index contributed by atoms with van der Waals surface area (Å²) in [6, 6.07) is 11.6. The summed E-state index contributed by atoms with van der Waals surface area (Å²) in [6.45, 7) is 0.0894. The number of aromatic hydroxyl groups is 4. The molecule has 0 saturated heterocycles. The highest BCUT2D eigenvalue weighted by molar-refractivity contribution is 5.94. The number of hydrogen-bond donors (Lipinski definition) is 4. The van der Waals surface area contributed by atoms with E-state index in [4.69, 9.17) is 20.3 Å². The zero-order valence-electron chi connectivity index (χ0n) is 18.5. The van der Waals surface area contributed by atoms with E-state index in [0.29, 0.717) is 16.9 Å². The molecule has 2 heterocycles. The minimum absolute atomic E-state index is 0.00208. The van der Waals surface area contributed by atoms with Gasteiger partial charge in [0.15, 0.2) is 17.3 Å². The summed E-state index contributed by atoms with van der Waals surface area (Å²) in [6.07, 6.45) is 5.14. The molecule has 4 aromatic rings. The fraction of sp³-hybridized carbons (Fsp3) is 0.111. The molecular formula is C27H18O9. The Morgan fingerprint density at radius 3 is 2.42 bits per heavy atom. The lowest BCUT2D eigenvalue weighted by atomic mass is 9.85. The van der Waals surface area contributed by atoms with Crippen LogP contribution in [0.2, 0.25) is 0 Å². The number of carbonyl (C=O) groups excluding carboxylic acids is 1. The number of carbonyl (C=O) groups is 1. The monoisotopic (exact) mass is 486 g/mol. The van der Waals surface area contributed by atoms with Crippen molar-refractivity contribution in [3.63, 3.8) is 0 Å². The van der Waals surface area contributed by atoms with Gasteiger partial charge in [0, 0.05) is 23.1 Å². The van der Waals surface area contributed by atoms with E-state index in [0.717, 1.165) is 12.1 Å². The van der Waals surface area contributed by atoms with E-state index in [1.165, 1.54) is 12.1 Å². The molecule has 3 aromatic carbocycles. The van der Waals surface area contributed by atoms with Gasteiger partial charge >= 0.3 is 5.97 Å². The van der Waals surface area contributed by atoms with E-state index in [-0.39, 0.29) is 41.1 Å². The normalized spacial score (nSPS) is 14.6. The molecule has 1 aliphatic rings. The summed E-state index contributed by atoms with van der Waals surface area (Å²) in [4.78, 5) is 25.5. The highest BCUT2D eigenvalue weighted by Crippen LogP contribution is 2.47. The maximum absolute atomic E-state index is 13.1. The van der Waals surface area contributed by atoms with Gasteiger partial charge in [0.05, 0.1) is 6.42 Å². The Kier molecular flexibility index (Phi) is 5.42. The summed E-state index contributed by atoms with van der Waals surface area (Å²) >= 11 is 0. The van der Waals surface area contributed by atoms with Crippen molar-refractivity contribution in [3.05, 3.63) is 69.9 Å². The first-order chi connectivity index (χ1) is 17.3. The molecular weight excluding hydrogens is 468 g/mol. The van der Waals surface area contributed by atoms with Crippen molar-refractivity contribution in [3.8, 4) is 58.2 Å². The van der Waals surface area contributed by atoms with E-state index in [1.807, 2.05) is 0 Å². The van der Waals surface area contributed by atoms with Crippen molar-refractivity contribution in [1.82, 2.24) is 0 Å². The zero-order valence-corrected chi connectivity index (χ0v) is 18.5. The third kappa shape index (κ3) is 3.71. The Bertz CT molecular complexity index is 1630. The quantitative estimate of drug-likeness (QED) is 0.147. The second kappa shape index (κ2) is 8.60. The maximum atomic E-state index is 13.1. The first-order valence-corrected chi connectivity index (χ1v) is 10.7. The third-order valence-electron chi connectivity index (χ3n) is 5.91. The van der Waals surface area contributed by atoms with Gasteiger partial charge in [0.1, 0.15) is 34.8 Å². The van der Waals surface area contributed by atoms with E-state index in [9.17, 15) is 30.0 Å². The average Bonchev–Trinajstić information content (AvgIpc) is 2.86. The Balaban J connectivity index is 1.75. The number of terminal acetylenes is 1. The topological polar surface area (TPSA) is 147 Å². The van der Waals surface area contributed by atoms with Gasteiger partial charge in [0.25, 0.3) is 0 Å². The number of rotatable bonds is 4. The van der Waals surface area contributed by atoms with Crippen LogP contribution in [0.1, 0.15) is 23.5 Å². The van der Waals surface area contributed by atoms with Gasteiger partial charge in [-0.25, -0.2) is 0 Å². The van der Waals surface area contributed by atoms with Crippen LogP contribution < -0.4 is 14.9 Å². The van der Waals surface area contributed by atoms with Gasteiger partial charge < -0.3 is 34.3 Å². The minimum atomic E-state index is -0.923. The van der Waals surface area contributed by atoms with Gasteiger partial charge in [-0.2, -0.15) is 0 Å². The SMILES string of the molecule is C#CCOc1ccc([C@@H]2CC(=O)Oc3cc(O)c4c(=O)c(O)c(-c5ccc(O)c(O)c5)oc4c32)cc1. The number of fused-ring (bicyclic) bond motifs is 3. The lowest BCUT2D eigenvalue weighted by Gasteiger charge is -2.26. The molecule has 4 N–H and O–H groups in total.